The number of para-hydroxylation sites is 1. The van der Waals surface area contributed by atoms with Crippen molar-refractivity contribution in [1.82, 2.24) is 9.55 Å². The van der Waals surface area contributed by atoms with E-state index >= 15 is 0 Å². The van der Waals surface area contributed by atoms with Crippen LogP contribution in [0.2, 0.25) is 0 Å². The molecule has 0 spiro atoms. The molecular formula is C19H20N2O2S. The zero-order chi connectivity index (χ0) is 16.9. The van der Waals surface area contributed by atoms with E-state index in [2.05, 4.69) is 4.98 Å². The van der Waals surface area contributed by atoms with Gasteiger partial charge in [0.2, 0.25) is 0 Å². The molecule has 0 radical (unpaired) electrons. The Bertz CT molecular complexity index is 905. The molecule has 0 bridgehead atoms. The minimum Gasteiger partial charge on any atom is -0.493 e. The summed E-state index contributed by atoms with van der Waals surface area (Å²) in [5.74, 6) is 1.61. The average Bonchev–Trinajstić information content (AvgIpc) is 2.59. The predicted molar refractivity (Wildman–Crippen MR) is 99.1 cm³/mol. The fourth-order valence-electron chi connectivity index (χ4n) is 2.53. The highest BCUT2D eigenvalue weighted by Crippen LogP contribution is 2.18. The third kappa shape index (κ3) is 3.62. The van der Waals surface area contributed by atoms with Crippen LogP contribution in [-0.4, -0.2) is 21.9 Å². The Morgan fingerprint density at radius 3 is 2.79 bits per heavy atom. The van der Waals surface area contributed by atoms with Gasteiger partial charge in [-0.3, -0.25) is 9.36 Å². The molecule has 0 aliphatic heterocycles. The van der Waals surface area contributed by atoms with Crippen molar-refractivity contribution >= 4 is 22.7 Å². The largest absolute Gasteiger partial charge is 0.493 e. The number of hydrogen-bond acceptors (Lipinski definition) is 4. The van der Waals surface area contributed by atoms with Gasteiger partial charge < -0.3 is 4.74 Å². The van der Waals surface area contributed by atoms with E-state index in [1.807, 2.05) is 62.4 Å². The molecule has 3 rings (SSSR count). The molecule has 0 saturated heterocycles. The highest BCUT2D eigenvalue weighted by molar-refractivity contribution is 7.99. The molecule has 0 aliphatic carbocycles. The topological polar surface area (TPSA) is 44.1 Å². The third-order valence-corrected chi connectivity index (χ3v) is 4.66. The van der Waals surface area contributed by atoms with Gasteiger partial charge in [-0.2, -0.15) is 0 Å². The minimum atomic E-state index is 0.0187. The molecule has 1 aromatic heterocycles. The number of aryl methyl sites for hydroxylation is 1. The maximum atomic E-state index is 12.6. The van der Waals surface area contributed by atoms with Crippen molar-refractivity contribution in [3.63, 3.8) is 0 Å². The monoisotopic (exact) mass is 340 g/mol. The maximum Gasteiger partial charge on any atom is 0.262 e. The Morgan fingerprint density at radius 1 is 1.17 bits per heavy atom. The van der Waals surface area contributed by atoms with Gasteiger partial charge in [-0.05, 0) is 43.7 Å². The van der Waals surface area contributed by atoms with Crippen molar-refractivity contribution in [2.75, 3.05) is 12.4 Å². The smallest absolute Gasteiger partial charge is 0.262 e. The van der Waals surface area contributed by atoms with E-state index in [0.717, 1.165) is 22.2 Å². The van der Waals surface area contributed by atoms with Crippen molar-refractivity contribution in [3.05, 3.63) is 64.4 Å². The van der Waals surface area contributed by atoms with Crippen LogP contribution in [0, 0.1) is 6.92 Å². The second-order valence-electron chi connectivity index (χ2n) is 5.47. The lowest BCUT2D eigenvalue weighted by Gasteiger charge is -2.11. The molecule has 124 valence electrons. The Morgan fingerprint density at radius 2 is 2.00 bits per heavy atom. The van der Waals surface area contributed by atoms with Crippen LogP contribution in [0.3, 0.4) is 0 Å². The fraction of sp³-hybridized carbons (Fsp3) is 0.263. The zero-order valence-corrected chi connectivity index (χ0v) is 14.7. The summed E-state index contributed by atoms with van der Waals surface area (Å²) in [6, 6.07) is 15.5. The van der Waals surface area contributed by atoms with Gasteiger partial charge in [0, 0.05) is 12.3 Å². The van der Waals surface area contributed by atoms with E-state index in [9.17, 15) is 4.79 Å². The van der Waals surface area contributed by atoms with Crippen molar-refractivity contribution in [2.45, 2.75) is 25.5 Å². The zero-order valence-electron chi connectivity index (χ0n) is 13.9. The van der Waals surface area contributed by atoms with Gasteiger partial charge in [0.15, 0.2) is 5.16 Å². The fourth-order valence-corrected chi connectivity index (χ4v) is 3.41. The second kappa shape index (κ2) is 7.53. The summed E-state index contributed by atoms with van der Waals surface area (Å²) >= 11 is 1.55. The molecule has 0 saturated carbocycles. The Labute approximate surface area is 145 Å². The molecule has 0 amide bonds. The first-order valence-corrected chi connectivity index (χ1v) is 8.99. The first-order valence-electron chi connectivity index (χ1n) is 8.01. The number of nitrogens with zero attached hydrogens (tertiary/aromatic N) is 2. The SMILES string of the molecule is CCn1c(SCCOc2cccc(C)c2)nc2ccccc2c1=O. The summed E-state index contributed by atoms with van der Waals surface area (Å²) in [6.07, 6.45) is 0. The predicted octanol–water partition coefficient (Wildman–Crippen LogP) is 3.90. The second-order valence-corrected chi connectivity index (χ2v) is 6.54. The van der Waals surface area contributed by atoms with E-state index < -0.39 is 0 Å². The molecule has 0 N–H and O–H groups in total. The lowest BCUT2D eigenvalue weighted by atomic mass is 10.2. The van der Waals surface area contributed by atoms with Crippen LogP contribution >= 0.6 is 11.8 Å². The third-order valence-electron chi connectivity index (χ3n) is 3.72. The van der Waals surface area contributed by atoms with E-state index in [1.54, 1.807) is 16.3 Å². The molecule has 0 unspecified atom stereocenters. The van der Waals surface area contributed by atoms with Crippen LogP contribution in [-0.2, 0) is 6.54 Å². The number of benzene rings is 2. The number of ether oxygens (including phenoxy) is 1. The van der Waals surface area contributed by atoms with E-state index in [1.165, 1.54) is 5.56 Å². The minimum absolute atomic E-state index is 0.0187. The van der Waals surface area contributed by atoms with Crippen LogP contribution < -0.4 is 10.3 Å². The normalized spacial score (nSPS) is 10.9. The molecule has 2 aromatic carbocycles. The molecule has 5 heteroatoms. The summed E-state index contributed by atoms with van der Waals surface area (Å²) in [6.45, 7) is 5.18. The molecule has 1 heterocycles. The van der Waals surface area contributed by atoms with Crippen molar-refractivity contribution < 1.29 is 4.74 Å². The summed E-state index contributed by atoms with van der Waals surface area (Å²) < 4.78 is 7.49. The first kappa shape index (κ1) is 16.6. The van der Waals surface area contributed by atoms with Crippen LogP contribution in [0.15, 0.2) is 58.5 Å². The van der Waals surface area contributed by atoms with Crippen LogP contribution in [0.5, 0.6) is 5.75 Å². The Balaban J connectivity index is 1.72. The molecular weight excluding hydrogens is 320 g/mol. The standard InChI is InChI=1S/C19H20N2O2S/c1-3-21-18(22)16-9-4-5-10-17(16)20-19(21)24-12-11-23-15-8-6-7-14(2)13-15/h4-10,13H,3,11-12H2,1-2H3. The highest BCUT2D eigenvalue weighted by atomic mass is 32.2. The molecule has 24 heavy (non-hydrogen) atoms. The summed E-state index contributed by atoms with van der Waals surface area (Å²) in [7, 11) is 0. The molecule has 0 atom stereocenters. The number of aromatic nitrogens is 2. The van der Waals surface area contributed by atoms with Crippen LogP contribution in [0.4, 0.5) is 0 Å². The van der Waals surface area contributed by atoms with Gasteiger partial charge in [0.1, 0.15) is 5.75 Å². The average molecular weight is 340 g/mol. The molecule has 4 nitrogen and oxygen atoms in total. The number of fused-ring (bicyclic) bond motifs is 1. The van der Waals surface area contributed by atoms with Crippen LogP contribution in [0.25, 0.3) is 10.9 Å². The van der Waals surface area contributed by atoms with Gasteiger partial charge in [0.05, 0.1) is 17.5 Å². The number of rotatable bonds is 6. The molecule has 3 aromatic rings. The quantitative estimate of drug-likeness (QED) is 0.388. The number of thioether (sulfide) groups is 1. The molecule has 0 aliphatic rings. The summed E-state index contributed by atoms with van der Waals surface area (Å²) in [5, 5.41) is 1.41. The molecule has 0 fully saturated rings. The summed E-state index contributed by atoms with van der Waals surface area (Å²) in [5.41, 5.74) is 1.94. The van der Waals surface area contributed by atoms with Crippen LogP contribution in [0.1, 0.15) is 12.5 Å². The van der Waals surface area contributed by atoms with E-state index in [4.69, 9.17) is 4.74 Å². The first-order chi connectivity index (χ1) is 11.7. The summed E-state index contributed by atoms with van der Waals surface area (Å²) in [4.78, 5) is 17.2. The van der Waals surface area contributed by atoms with Crippen molar-refractivity contribution in [1.29, 1.82) is 0 Å². The van der Waals surface area contributed by atoms with E-state index in [0.29, 0.717) is 18.5 Å². The lowest BCUT2D eigenvalue weighted by molar-refractivity contribution is 0.343. The van der Waals surface area contributed by atoms with E-state index in [-0.39, 0.29) is 5.56 Å². The van der Waals surface area contributed by atoms with Gasteiger partial charge in [0.25, 0.3) is 5.56 Å². The van der Waals surface area contributed by atoms with Gasteiger partial charge in [-0.25, -0.2) is 4.98 Å². The lowest BCUT2D eigenvalue weighted by Crippen LogP contribution is -2.22. The van der Waals surface area contributed by atoms with Gasteiger partial charge >= 0.3 is 0 Å². The van der Waals surface area contributed by atoms with Gasteiger partial charge in [-0.15, -0.1) is 0 Å². The van der Waals surface area contributed by atoms with Gasteiger partial charge in [-0.1, -0.05) is 36.0 Å². The Hall–Kier alpha value is -2.27. The van der Waals surface area contributed by atoms with Crippen molar-refractivity contribution in [2.24, 2.45) is 0 Å². The van der Waals surface area contributed by atoms with Crippen molar-refractivity contribution in [3.8, 4) is 5.75 Å². The highest BCUT2D eigenvalue weighted by Gasteiger charge is 2.10. The maximum absolute atomic E-state index is 12.6. The Kier molecular flexibility index (Phi) is 5.20. The number of hydrogen-bond donors (Lipinski definition) is 0.